The average Bonchev–Trinajstić information content (AvgIpc) is 3.22. The van der Waals surface area contributed by atoms with Gasteiger partial charge in [0.25, 0.3) is 0 Å². The first-order valence-corrected chi connectivity index (χ1v) is 20.5. The zero-order valence-electron chi connectivity index (χ0n) is 32.6. The summed E-state index contributed by atoms with van der Waals surface area (Å²) in [6.45, 7) is 0.876. The lowest BCUT2D eigenvalue weighted by molar-refractivity contribution is -0.143. The summed E-state index contributed by atoms with van der Waals surface area (Å²) >= 11 is 8.63. The molecule has 15 N–H and O–H groups in total. The van der Waals surface area contributed by atoms with Gasteiger partial charge in [0, 0.05) is 44.1 Å². The van der Waals surface area contributed by atoms with Crippen LogP contribution < -0.4 is 55.3 Å². The maximum Gasteiger partial charge on any atom is 0.246 e. The Morgan fingerprint density at radius 3 is 1.68 bits per heavy atom. The molecule has 0 bridgehead atoms. The van der Waals surface area contributed by atoms with Crippen LogP contribution in [0.25, 0.3) is 0 Å². The Kier molecular flexibility index (Phi) is 17.7. The number of primary amides is 1. The summed E-state index contributed by atoms with van der Waals surface area (Å²) in [5, 5.41) is 14.0. The van der Waals surface area contributed by atoms with Gasteiger partial charge in [-0.3, -0.25) is 38.8 Å². The number of rotatable bonds is 20. The number of benzene rings is 2. The first kappa shape index (κ1) is 46.2. The fourth-order valence-electron chi connectivity index (χ4n) is 6.86. The molecule has 6 amide bonds. The normalized spacial score (nSPS) is 17.6. The van der Waals surface area contributed by atoms with Gasteiger partial charge in [0.2, 0.25) is 35.4 Å². The molecule has 2 aliphatic rings. The number of amides is 6. The van der Waals surface area contributed by atoms with E-state index in [4.69, 9.17) is 28.7 Å². The van der Waals surface area contributed by atoms with Crippen LogP contribution in [-0.4, -0.2) is 113 Å². The largest absolute Gasteiger partial charge is 0.370 e. The molecule has 0 fully saturated rings. The van der Waals surface area contributed by atoms with Crippen LogP contribution in [-0.2, 0) is 54.7 Å². The molecule has 21 heteroatoms. The van der Waals surface area contributed by atoms with Gasteiger partial charge in [-0.05, 0) is 54.4 Å². The highest BCUT2D eigenvalue weighted by molar-refractivity contribution is 7.80. The topological polar surface area (TPSA) is 321 Å². The molecule has 320 valence electrons. The molecule has 2 aromatic carbocycles. The van der Waals surface area contributed by atoms with E-state index in [0.717, 1.165) is 22.3 Å². The molecule has 2 aromatic rings. The molecule has 4 rings (SSSR count). The molecule has 0 aromatic heterocycles. The molecule has 19 nitrogen and oxygen atoms in total. The monoisotopic (exact) mass is 853 g/mol. The van der Waals surface area contributed by atoms with Crippen molar-refractivity contribution in [3.8, 4) is 0 Å². The smallest absolute Gasteiger partial charge is 0.246 e. The molecule has 0 spiro atoms. The molecule has 6 atom stereocenters. The summed E-state index contributed by atoms with van der Waals surface area (Å²) in [6, 6.07) is 8.74. The first-order chi connectivity index (χ1) is 28.2. The van der Waals surface area contributed by atoms with Gasteiger partial charge in [0.1, 0.15) is 30.2 Å². The van der Waals surface area contributed by atoms with Crippen LogP contribution in [0, 0.1) is 0 Å². The number of nitrogens with one attached hydrogen (secondary N) is 5. The zero-order chi connectivity index (χ0) is 43.1. The van der Waals surface area contributed by atoms with Gasteiger partial charge in [-0.25, -0.2) is 0 Å². The number of carbonyl (C=O) groups is 6. The number of guanidine groups is 2. The quantitative estimate of drug-likeness (QED) is 0.0277. The van der Waals surface area contributed by atoms with Gasteiger partial charge in [-0.2, -0.15) is 25.3 Å². The van der Waals surface area contributed by atoms with Gasteiger partial charge >= 0.3 is 0 Å². The van der Waals surface area contributed by atoms with Crippen molar-refractivity contribution in [3.05, 3.63) is 70.8 Å². The van der Waals surface area contributed by atoms with E-state index in [0.29, 0.717) is 19.4 Å². The summed E-state index contributed by atoms with van der Waals surface area (Å²) in [6.07, 6.45) is 1.34. The Morgan fingerprint density at radius 1 is 0.661 bits per heavy atom. The van der Waals surface area contributed by atoms with Crippen molar-refractivity contribution in [2.75, 3.05) is 24.6 Å². The number of nitrogens with zero attached hydrogens (tertiary/aromatic N) is 3. The molecular formula is C38H55N13O6S2. The minimum Gasteiger partial charge on any atom is -0.370 e. The fraction of sp³-hybridized carbons (Fsp3) is 0.474. The van der Waals surface area contributed by atoms with Crippen LogP contribution in [0.4, 0.5) is 0 Å². The van der Waals surface area contributed by atoms with E-state index in [1.807, 2.05) is 48.5 Å². The minimum atomic E-state index is -1.26. The molecule has 2 heterocycles. The molecule has 0 unspecified atom stereocenters. The predicted molar refractivity (Wildman–Crippen MR) is 230 cm³/mol. The van der Waals surface area contributed by atoms with Gasteiger partial charge < -0.3 is 60.2 Å². The Morgan fingerprint density at radius 2 is 1.14 bits per heavy atom. The van der Waals surface area contributed by atoms with Crippen molar-refractivity contribution in [3.63, 3.8) is 0 Å². The molecule has 0 saturated carbocycles. The van der Waals surface area contributed by atoms with Crippen molar-refractivity contribution in [1.82, 2.24) is 31.5 Å². The highest BCUT2D eigenvalue weighted by atomic mass is 32.1. The zero-order valence-corrected chi connectivity index (χ0v) is 34.4. The van der Waals surface area contributed by atoms with Gasteiger partial charge in [-0.15, -0.1) is 0 Å². The summed E-state index contributed by atoms with van der Waals surface area (Å²) in [7, 11) is 0. The van der Waals surface area contributed by atoms with Gasteiger partial charge in [0.05, 0.1) is 6.04 Å². The van der Waals surface area contributed by atoms with Crippen LogP contribution in [0.3, 0.4) is 0 Å². The van der Waals surface area contributed by atoms with Crippen LogP contribution in [0.1, 0.15) is 47.9 Å². The van der Waals surface area contributed by atoms with Crippen LogP contribution >= 0.6 is 25.3 Å². The Labute approximate surface area is 353 Å². The second-order valence-electron chi connectivity index (χ2n) is 14.3. The third-order valence-corrected chi connectivity index (χ3v) is 10.8. The SMILES string of the molecule is NC(=O)[C@@H]1Cc2ccccc2CN1C(=O)[C@H](CS)NC(=O)[C@H](CCCN=C(N)N)NC(=O)[C@H](CS)NC(=O)[C@H](CCCN=C(N)N)NC(=O)[C@@H]1Cc2ccccc2CN1. The Bertz CT molecular complexity index is 1890. The fourth-order valence-corrected chi connectivity index (χ4v) is 7.37. The Balaban J connectivity index is 1.47. The molecule has 0 radical (unpaired) electrons. The highest BCUT2D eigenvalue weighted by Crippen LogP contribution is 2.24. The van der Waals surface area contributed by atoms with Crippen molar-refractivity contribution in [2.45, 2.75) is 87.9 Å². The minimum absolute atomic E-state index is 0.0249. The average molecular weight is 854 g/mol. The predicted octanol–water partition coefficient (Wildman–Crippen LogP) is -2.95. The molecule has 2 aliphatic heterocycles. The van der Waals surface area contributed by atoms with Crippen molar-refractivity contribution < 1.29 is 28.8 Å². The standard InChI is InChI=1S/C38H55N13O6S2/c39-31(52)30-16-22-8-2-4-10-24(22)18-51(30)36(57)29(20-59)50-33(54)26(12-6-14-45-38(42)43)48-35(56)28(19-58)49-32(53)25(11-5-13-44-37(40)41)47-34(55)27-15-21-7-1-3-9-23(21)17-46-27/h1-4,7-10,25-30,46,58-59H,5-6,11-20H2,(H2,39,52)(H,47,55)(H,48,56)(H,49,53)(H,50,54)(H4,40,41,44)(H4,42,43,45)/t25-,26-,27-,28-,29-,30-/m0/s1. The summed E-state index contributed by atoms with van der Waals surface area (Å²) < 4.78 is 0. The van der Waals surface area contributed by atoms with Crippen LogP contribution in [0.2, 0.25) is 0 Å². The lowest BCUT2D eigenvalue weighted by Gasteiger charge is -2.37. The van der Waals surface area contributed by atoms with E-state index >= 15 is 0 Å². The van der Waals surface area contributed by atoms with Crippen LogP contribution in [0.5, 0.6) is 0 Å². The molecule has 0 aliphatic carbocycles. The lowest BCUT2D eigenvalue weighted by atomic mass is 9.93. The van der Waals surface area contributed by atoms with Crippen molar-refractivity contribution in [2.24, 2.45) is 38.7 Å². The summed E-state index contributed by atoms with van der Waals surface area (Å²) in [4.78, 5) is 90.5. The van der Waals surface area contributed by atoms with E-state index in [9.17, 15) is 28.8 Å². The van der Waals surface area contributed by atoms with E-state index in [1.165, 1.54) is 4.90 Å². The summed E-state index contributed by atoms with van der Waals surface area (Å²) in [5.41, 5.74) is 31.4. The number of thiol groups is 2. The van der Waals surface area contributed by atoms with E-state index in [2.05, 4.69) is 61.8 Å². The molecule has 0 saturated heterocycles. The highest BCUT2D eigenvalue weighted by Gasteiger charge is 2.38. The summed E-state index contributed by atoms with van der Waals surface area (Å²) in [5.74, 6) is -4.47. The number of nitrogens with two attached hydrogens (primary N) is 5. The maximum atomic E-state index is 13.9. The maximum absolute atomic E-state index is 13.9. The first-order valence-electron chi connectivity index (χ1n) is 19.2. The van der Waals surface area contributed by atoms with Gasteiger partial charge in [0.15, 0.2) is 11.9 Å². The second kappa shape index (κ2) is 22.6. The lowest BCUT2D eigenvalue weighted by Crippen LogP contribution is -2.61. The third-order valence-electron chi connectivity index (χ3n) is 10.0. The van der Waals surface area contributed by atoms with E-state index < -0.39 is 71.7 Å². The third kappa shape index (κ3) is 13.5. The van der Waals surface area contributed by atoms with Crippen molar-refractivity contribution >= 4 is 72.6 Å². The van der Waals surface area contributed by atoms with Crippen molar-refractivity contribution in [1.29, 1.82) is 0 Å². The number of fused-ring (bicyclic) bond motifs is 2. The molecule has 59 heavy (non-hydrogen) atoms. The molecular weight excluding hydrogens is 799 g/mol. The Hall–Kier alpha value is -5.54. The van der Waals surface area contributed by atoms with E-state index in [1.54, 1.807) is 0 Å². The number of hydrogen-bond donors (Lipinski definition) is 12. The number of hydrogen-bond acceptors (Lipinski definition) is 11. The van der Waals surface area contributed by atoms with Crippen LogP contribution in [0.15, 0.2) is 58.5 Å². The van der Waals surface area contributed by atoms with Gasteiger partial charge in [-0.1, -0.05) is 48.5 Å². The second-order valence-corrected chi connectivity index (χ2v) is 15.0. The number of carbonyl (C=O) groups excluding carboxylic acids is 6. The number of aliphatic imine (C=N–C) groups is 2. The van der Waals surface area contributed by atoms with E-state index in [-0.39, 0.29) is 68.7 Å².